The van der Waals surface area contributed by atoms with Gasteiger partial charge in [-0.05, 0) is 73.3 Å². The summed E-state index contributed by atoms with van der Waals surface area (Å²) in [4.78, 5) is 36.5. The molecule has 29 heavy (non-hydrogen) atoms. The first-order valence-electron chi connectivity index (χ1n) is 11.4. The molecule has 0 N–H and O–H groups in total. The average molecular weight is 401 g/mol. The zero-order valence-corrected chi connectivity index (χ0v) is 17.6. The van der Waals surface area contributed by atoms with Gasteiger partial charge in [0, 0.05) is 24.2 Å². The summed E-state index contributed by atoms with van der Waals surface area (Å²) < 4.78 is 11.4. The maximum atomic E-state index is 12.9. The van der Waals surface area contributed by atoms with E-state index in [9.17, 15) is 14.4 Å². The minimum Gasteiger partial charge on any atom is -0.458 e. The van der Waals surface area contributed by atoms with Crippen molar-refractivity contribution >= 4 is 17.5 Å². The van der Waals surface area contributed by atoms with Crippen molar-refractivity contribution in [2.75, 3.05) is 13.2 Å². The molecule has 0 amide bonds. The van der Waals surface area contributed by atoms with E-state index >= 15 is 0 Å². The third kappa shape index (κ3) is 2.72. The van der Waals surface area contributed by atoms with Crippen LogP contribution in [0.2, 0.25) is 0 Å². The number of carbonyl (C=O) groups excluding carboxylic acids is 3. The molecular formula is C24H32O5. The Morgan fingerprint density at radius 3 is 2.83 bits per heavy atom. The van der Waals surface area contributed by atoms with Gasteiger partial charge in [-0.1, -0.05) is 13.8 Å². The van der Waals surface area contributed by atoms with E-state index in [4.69, 9.17) is 9.47 Å². The number of esters is 1. The molecule has 0 aromatic carbocycles. The van der Waals surface area contributed by atoms with E-state index in [2.05, 4.69) is 6.92 Å². The summed E-state index contributed by atoms with van der Waals surface area (Å²) >= 11 is 0. The minimum atomic E-state index is -0.298. The Hall–Kier alpha value is -1.49. The van der Waals surface area contributed by atoms with Crippen molar-refractivity contribution in [2.24, 2.45) is 34.5 Å². The molecule has 5 rings (SSSR count). The van der Waals surface area contributed by atoms with Crippen LogP contribution in [0.3, 0.4) is 0 Å². The summed E-state index contributed by atoms with van der Waals surface area (Å²) in [5.74, 6) is 1.74. The second-order valence-corrected chi connectivity index (χ2v) is 10.3. The molecule has 0 radical (unpaired) electrons. The summed E-state index contributed by atoms with van der Waals surface area (Å²) in [5.41, 5.74) is 1.36. The van der Waals surface area contributed by atoms with Crippen molar-refractivity contribution in [2.45, 2.75) is 71.3 Å². The third-order valence-corrected chi connectivity index (χ3v) is 9.28. The van der Waals surface area contributed by atoms with Gasteiger partial charge in [-0.25, -0.2) is 0 Å². The molecule has 4 fully saturated rings. The van der Waals surface area contributed by atoms with E-state index in [0.29, 0.717) is 30.6 Å². The van der Waals surface area contributed by atoms with E-state index in [1.807, 2.05) is 6.08 Å². The number of fused-ring (bicyclic) bond motifs is 3. The molecule has 5 nitrogen and oxygen atoms in total. The van der Waals surface area contributed by atoms with Gasteiger partial charge in [-0.15, -0.1) is 0 Å². The molecule has 0 spiro atoms. The van der Waals surface area contributed by atoms with Crippen LogP contribution in [0.1, 0.15) is 65.2 Å². The summed E-state index contributed by atoms with van der Waals surface area (Å²) in [6.07, 6.45) is 9.05. The Morgan fingerprint density at radius 1 is 1.21 bits per heavy atom. The van der Waals surface area contributed by atoms with Crippen LogP contribution in [0, 0.1) is 34.5 Å². The lowest BCUT2D eigenvalue weighted by atomic mass is 9.46. The fourth-order valence-corrected chi connectivity index (χ4v) is 7.92. The van der Waals surface area contributed by atoms with E-state index in [-0.39, 0.29) is 47.0 Å². The maximum absolute atomic E-state index is 12.9. The fourth-order valence-electron chi connectivity index (χ4n) is 7.92. The third-order valence-electron chi connectivity index (χ3n) is 9.28. The van der Waals surface area contributed by atoms with Crippen LogP contribution in [-0.4, -0.2) is 36.9 Å². The SMILES string of the molecule is CCC(=O)OCC(=O)[C@H]1CC[C@H]2[C@@H]3C[C@@H]4OC[C@@]5(CCC(=O)C=C45)[C@H]3CC[C@]12C. The Bertz CT molecular complexity index is 784. The molecule has 3 saturated carbocycles. The zero-order valence-electron chi connectivity index (χ0n) is 17.6. The van der Waals surface area contributed by atoms with E-state index in [1.54, 1.807) is 6.92 Å². The highest BCUT2D eigenvalue weighted by Gasteiger charge is 2.65. The second kappa shape index (κ2) is 6.76. The first-order valence-corrected chi connectivity index (χ1v) is 11.4. The molecule has 7 atom stereocenters. The molecule has 5 aliphatic rings. The van der Waals surface area contributed by atoms with Crippen molar-refractivity contribution in [3.63, 3.8) is 0 Å². The van der Waals surface area contributed by atoms with Crippen LogP contribution in [0.4, 0.5) is 0 Å². The lowest BCUT2D eigenvalue weighted by Gasteiger charge is -2.56. The summed E-state index contributed by atoms with van der Waals surface area (Å²) in [5, 5.41) is 0. The van der Waals surface area contributed by atoms with Gasteiger partial charge >= 0.3 is 5.97 Å². The molecule has 158 valence electrons. The number of carbonyl (C=O) groups is 3. The van der Waals surface area contributed by atoms with Crippen LogP contribution in [0.15, 0.2) is 11.6 Å². The highest BCUT2D eigenvalue weighted by molar-refractivity contribution is 5.92. The van der Waals surface area contributed by atoms with E-state index in [1.165, 1.54) is 5.57 Å². The molecular weight excluding hydrogens is 368 g/mol. The summed E-state index contributed by atoms with van der Waals surface area (Å²) in [7, 11) is 0. The molecule has 1 saturated heterocycles. The van der Waals surface area contributed by atoms with Crippen LogP contribution in [-0.2, 0) is 23.9 Å². The first-order chi connectivity index (χ1) is 13.9. The number of ether oxygens (including phenoxy) is 2. The predicted octanol–water partition coefficient (Wildman–Crippen LogP) is 3.65. The number of ketones is 2. The second-order valence-electron chi connectivity index (χ2n) is 10.3. The van der Waals surface area contributed by atoms with Crippen molar-refractivity contribution in [3.8, 4) is 0 Å². The number of rotatable bonds is 4. The van der Waals surface area contributed by atoms with Crippen molar-refractivity contribution in [1.29, 1.82) is 0 Å². The standard InChI is InChI=1S/C24H32O5/c1-3-22(27)28-12-20(26)18-5-4-16-15-11-21-19-10-14(25)6-9-24(19,13-29-21)17(15)7-8-23(16,18)2/h10,15-18,21H,3-9,11-13H2,1-2H3/t15-,16-,17-,18+,21-,23-,24-/m0/s1. The smallest absolute Gasteiger partial charge is 0.305 e. The summed E-state index contributed by atoms with van der Waals surface area (Å²) in [6.45, 7) is 4.76. The van der Waals surface area contributed by atoms with Gasteiger partial charge in [0.2, 0.25) is 0 Å². The van der Waals surface area contributed by atoms with Gasteiger partial charge in [-0.2, -0.15) is 0 Å². The lowest BCUT2D eigenvalue weighted by molar-refractivity contribution is -0.150. The number of Topliss-reactive ketones (excluding diaryl/α,β-unsaturated/α-hetero) is 1. The Labute approximate surface area is 172 Å². The Morgan fingerprint density at radius 2 is 2.03 bits per heavy atom. The highest BCUT2D eigenvalue weighted by atomic mass is 16.5. The minimum absolute atomic E-state index is 0.000879. The molecule has 5 heteroatoms. The van der Waals surface area contributed by atoms with Gasteiger partial charge < -0.3 is 9.47 Å². The van der Waals surface area contributed by atoms with Crippen LogP contribution >= 0.6 is 0 Å². The summed E-state index contributed by atoms with van der Waals surface area (Å²) in [6, 6.07) is 0. The highest BCUT2D eigenvalue weighted by Crippen LogP contribution is 2.68. The van der Waals surface area contributed by atoms with Crippen molar-refractivity contribution < 1.29 is 23.9 Å². The maximum Gasteiger partial charge on any atom is 0.305 e. The van der Waals surface area contributed by atoms with E-state index in [0.717, 1.165) is 45.1 Å². The average Bonchev–Trinajstić information content (AvgIpc) is 3.19. The molecule has 0 unspecified atom stereocenters. The van der Waals surface area contributed by atoms with Gasteiger partial charge in [0.1, 0.15) is 6.61 Å². The monoisotopic (exact) mass is 400 g/mol. The van der Waals surface area contributed by atoms with Crippen LogP contribution in [0.25, 0.3) is 0 Å². The van der Waals surface area contributed by atoms with Crippen LogP contribution in [0.5, 0.6) is 0 Å². The lowest BCUT2D eigenvalue weighted by Crippen LogP contribution is -2.53. The first kappa shape index (κ1) is 19.5. The Kier molecular flexibility index (Phi) is 4.54. The predicted molar refractivity (Wildman–Crippen MR) is 106 cm³/mol. The molecule has 1 heterocycles. The van der Waals surface area contributed by atoms with Crippen molar-refractivity contribution in [1.82, 2.24) is 0 Å². The normalized spacial score (nSPS) is 45.1. The molecule has 0 aromatic heterocycles. The molecule has 1 aliphatic heterocycles. The van der Waals surface area contributed by atoms with Gasteiger partial charge in [0.15, 0.2) is 11.6 Å². The molecule has 2 bridgehead atoms. The van der Waals surface area contributed by atoms with Gasteiger partial charge in [0.05, 0.1) is 12.7 Å². The number of hydrogen-bond donors (Lipinski definition) is 0. The van der Waals surface area contributed by atoms with E-state index < -0.39 is 0 Å². The van der Waals surface area contributed by atoms with Gasteiger partial charge in [0.25, 0.3) is 0 Å². The molecule has 4 aliphatic carbocycles. The number of hydrogen-bond acceptors (Lipinski definition) is 5. The molecule has 0 aromatic rings. The van der Waals surface area contributed by atoms with Crippen LogP contribution < -0.4 is 0 Å². The fraction of sp³-hybridized carbons (Fsp3) is 0.792. The topological polar surface area (TPSA) is 69.7 Å². The largest absolute Gasteiger partial charge is 0.458 e. The van der Waals surface area contributed by atoms with Crippen molar-refractivity contribution in [3.05, 3.63) is 11.6 Å². The zero-order chi connectivity index (χ0) is 20.4. The van der Waals surface area contributed by atoms with Gasteiger partial charge in [-0.3, -0.25) is 14.4 Å². The quantitative estimate of drug-likeness (QED) is 0.674. The Balaban J connectivity index is 1.38.